The lowest BCUT2D eigenvalue weighted by atomic mass is 10.3. The number of anilines is 1. The number of aromatic nitrogens is 2. The molecule has 0 bridgehead atoms. The van der Waals surface area contributed by atoms with E-state index in [1.807, 2.05) is 0 Å². The van der Waals surface area contributed by atoms with Gasteiger partial charge in [-0.05, 0) is 0 Å². The van der Waals surface area contributed by atoms with E-state index in [1.165, 1.54) is 10.9 Å². The number of nitrogens with zero attached hydrogens (tertiary/aromatic N) is 3. The summed E-state index contributed by atoms with van der Waals surface area (Å²) in [5.41, 5.74) is 5.68. The zero-order chi connectivity index (χ0) is 9.59. The van der Waals surface area contributed by atoms with E-state index < -0.39 is 6.29 Å². The van der Waals surface area contributed by atoms with Crippen LogP contribution < -0.4 is 16.1 Å². The van der Waals surface area contributed by atoms with Crippen molar-refractivity contribution in [2.24, 2.45) is 12.8 Å². The first kappa shape index (κ1) is 8.02. The Kier molecular flexibility index (Phi) is 1.51. The maximum atomic E-state index is 11.3. The molecule has 0 aromatic carbocycles. The van der Waals surface area contributed by atoms with E-state index in [1.54, 1.807) is 7.05 Å². The Labute approximate surface area is 73.7 Å². The highest BCUT2D eigenvalue weighted by Gasteiger charge is 2.31. The van der Waals surface area contributed by atoms with Crippen LogP contribution in [0.25, 0.3) is 0 Å². The van der Waals surface area contributed by atoms with Gasteiger partial charge in [0.2, 0.25) is 0 Å². The molecule has 13 heavy (non-hydrogen) atoms. The number of carbonyl (C=O) groups excluding carboxylic acids is 1. The number of carbonyl (C=O) groups is 1. The maximum Gasteiger partial charge on any atom is 0.274 e. The molecule has 2 rings (SSSR count). The van der Waals surface area contributed by atoms with Gasteiger partial charge in [0.05, 0.1) is 6.33 Å². The summed E-state index contributed by atoms with van der Waals surface area (Å²) in [6.07, 6.45) is 0.501. The Morgan fingerprint density at radius 3 is 3.15 bits per heavy atom. The molecule has 0 saturated heterocycles. The van der Waals surface area contributed by atoms with E-state index in [9.17, 15) is 10.0 Å². The minimum absolute atomic E-state index is 0.179. The Morgan fingerprint density at radius 2 is 2.46 bits per heavy atom. The maximum absolute atomic E-state index is 11.3. The predicted octanol–water partition coefficient (Wildman–Crippen LogP) is -1.40. The molecule has 2 heterocycles. The molecule has 7 nitrogen and oxygen atoms in total. The van der Waals surface area contributed by atoms with Gasteiger partial charge in [-0.1, -0.05) is 0 Å². The molecule has 1 aliphatic heterocycles. The number of amides is 1. The van der Waals surface area contributed by atoms with Crippen molar-refractivity contribution in [2.75, 3.05) is 5.06 Å². The summed E-state index contributed by atoms with van der Waals surface area (Å²) >= 11 is 0. The first-order valence-corrected chi connectivity index (χ1v) is 3.67. The monoisotopic (exact) mass is 183 g/mol. The molecule has 0 spiro atoms. The van der Waals surface area contributed by atoms with Crippen LogP contribution in [0.3, 0.4) is 0 Å². The van der Waals surface area contributed by atoms with Crippen molar-refractivity contribution in [3.8, 4) is 0 Å². The molecule has 7 heteroatoms. The number of hydroxylamine groups is 1. The minimum Gasteiger partial charge on any atom is -0.328 e. The fourth-order valence-electron chi connectivity index (χ4n) is 1.24. The van der Waals surface area contributed by atoms with Crippen LogP contribution in [0.2, 0.25) is 0 Å². The minimum atomic E-state index is -0.935. The number of nitrogens with one attached hydrogen (secondary N) is 1. The lowest BCUT2D eigenvalue weighted by Gasteiger charge is -2.28. The van der Waals surface area contributed by atoms with Crippen LogP contribution in [-0.4, -0.2) is 27.0 Å². The predicted molar refractivity (Wildman–Crippen MR) is 42.9 cm³/mol. The molecular weight excluding hydrogens is 174 g/mol. The summed E-state index contributed by atoms with van der Waals surface area (Å²) in [7, 11) is 1.66. The molecule has 1 aromatic heterocycles. The van der Waals surface area contributed by atoms with E-state index in [4.69, 9.17) is 5.73 Å². The zero-order valence-electron chi connectivity index (χ0n) is 6.93. The molecule has 1 atom stereocenters. The zero-order valence-corrected chi connectivity index (χ0v) is 6.93. The van der Waals surface area contributed by atoms with Gasteiger partial charge in [0.25, 0.3) is 5.91 Å². The number of rotatable bonds is 0. The SMILES string of the molecule is Cn1cnc2c1C(=O)NC(N)N2O. The second-order valence-corrected chi connectivity index (χ2v) is 2.79. The largest absolute Gasteiger partial charge is 0.328 e. The number of hydrogen-bond donors (Lipinski definition) is 3. The van der Waals surface area contributed by atoms with Crippen LogP contribution in [0.4, 0.5) is 5.82 Å². The molecule has 0 fully saturated rings. The number of aryl methyl sites for hydroxylation is 1. The van der Waals surface area contributed by atoms with E-state index in [0.29, 0.717) is 5.69 Å². The molecule has 1 unspecified atom stereocenters. The molecule has 0 aliphatic carbocycles. The van der Waals surface area contributed by atoms with Gasteiger partial charge in [-0.3, -0.25) is 15.7 Å². The molecular formula is C6H9N5O2. The molecule has 4 N–H and O–H groups in total. The van der Waals surface area contributed by atoms with Gasteiger partial charge in [0.1, 0.15) is 0 Å². The lowest BCUT2D eigenvalue weighted by Crippen LogP contribution is -2.57. The van der Waals surface area contributed by atoms with E-state index in [-0.39, 0.29) is 11.7 Å². The highest BCUT2D eigenvalue weighted by atomic mass is 16.5. The van der Waals surface area contributed by atoms with Crippen LogP contribution >= 0.6 is 0 Å². The van der Waals surface area contributed by atoms with Gasteiger partial charge >= 0.3 is 0 Å². The Bertz CT molecular complexity index is 360. The second-order valence-electron chi connectivity index (χ2n) is 2.79. The van der Waals surface area contributed by atoms with Crippen molar-refractivity contribution >= 4 is 11.7 Å². The Balaban J connectivity index is 2.56. The normalized spacial score (nSPS) is 21.3. The first-order valence-electron chi connectivity index (χ1n) is 3.67. The third-order valence-corrected chi connectivity index (χ3v) is 1.89. The fourth-order valence-corrected chi connectivity index (χ4v) is 1.24. The molecule has 1 amide bonds. The highest BCUT2D eigenvalue weighted by Crippen LogP contribution is 2.20. The average Bonchev–Trinajstić information content (AvgIpc) is 2.44. The van der Waals surface area contributed by atoms with E-state index >= 15 is 0 Å². The summed E-state index contributed by atoms with van der Waals surface area (Å²) in [6, 6.07) is 0. The van der Waals surface area contributed by atoms with Crippen molar-refractivity contribution in [1.29, 1.82) is 0 Å². The quantitative estimate of drug-likeness (QED) is 0.459. The van der Waals surface area contributed by atoms with Crippen LogP contribution in [-0.2, 0) is 7.05 Å². The third-order valence-electron chi connectivity index (χ3n) is 1.89. The van der Waals surface area contributed by atoms with Crippen LogP contribution in [0.5, 0.6) is 0 Å². The second kappa shape index (κ2) is 2.44. The topological polar surface area (TPSA) is 96.4 Å². The average molecular weight is 183 g/mol. The summed E-state index contributed by atoms with van der Waals surface area (Å²) in [6.45, 7) is 0. The van der Waals surface area contributed by atoms with Gasteiger partial charge < -0.3 is 9.88 Å². The smallest absolute Gasteiger partial charge is 0.274 e. The number of fused-ring (bicyclic) bond motifs is 1. The van der Waals surface area contributed by atoms with Crippen LogP contribution in [0.1, 0.15) is 10.5 Å². The van der Waals surface area contributed by atoms with Gasteiger partial charge in [-0.25, -0.2) is 4.98 Å². The molecule has 0 saturated carbocycles. The number of hydrogen-bond acceptors (Lipinski definition) is 5. The van der Waals surface area contributed by atoms with Crippen LogP contribution in [0.15, 0.2) is 6.33 Å². The third kappa shape index (κ3) is 0.977. The number of nitrogens with two attached hydrogens (primary N) is 1. The van der Waals surface area contributed by atoms with Crippen LogP contribution in [0, 0.1) is 0 Å². The van der Waals surface area contributed by atoms with Crippen molar-refractivity contribution < 1.29 is 10.0 Å². The molecule has 0 radical (unpaired) electrons. The van der Waals surface area contributed by atoms with Crippen molar-refractivity contribution in [2.45, 2.75) is 6.29 Å². The van der Waals surface area contributed by atoms with Gasteiger partial charge in [-0.15, -0.1) is 0 Å². The lowest BCUT2D eigenvalue weighted by molar-refractivity contribution is 0.0864. The van der Waals surface area contributed by atoms with E-state index in [0.717, 1.165) is 5.06 Å². The highest BCUT2D eigenvalue weighted by molar-refractivity contribution is 5.99. The van der Waals surface area contributed by atoms with Gasteiger partial charge in [0, 0.05) is 7.05 Å². The molecule has 1 aromatic rings. The number of imidazole rings is 1. The summed E-state index contributed by atoms with van der Waals surface area (Å²) in [5, 5.41) is 12.5. The van der Waals surface area contributed by atoms with Crippen molar-refractivity contribution in [3.05, 3.63) is 12.0 Å². The Hall–Kier alpha value is -1.60. The molecule has 1 aliphatic rings. The Morgan fingerprint density at radius 1 is 1.77 bits per heavy atom. The fraction of sp³-hybridized carbons (Fsp3) is 0.333. The first-order chi connectivity index (χ1) is 6.11. The summed E-state index contributed by atoms with van der Waals surface area (Å²) < 4.78 is 1.51. The van der Waals surface area contributed by atoms with Crippen molar-refractivity contribution in [3.63, 3.8) is 0 Å². The summed E-state index contributed by atoms with van der Waals surface area (Å²) in [4.78, 5) is 15.2. The van der Waals surface area contributed by atoms with Gasteiger partial charge in [0.15, 0.2) is 17.8 Å². The summed E-state index contributed by atoms with van der Waals surface area (Å²) in [5.74, 6) is -0.161. The molecule has 70 valence electrons. The standard InChI is InChI=1S/C6H9N5O2/c1-10-2-8-4-3(10)5(12)9-6(7)11(4)13/h2,6,13H,7H2,1H3,(H,9,12). The van der Waals surface area contributed by atoms with E-state index in [2.05, 4.69) is 10.3 Å². The van der Waals surface area contributed by atoms with Crippen molar-refractivity contribution in [1.82, 2.24) is 14.9 Å². The van der Waals surface area contributed by atoms with Gasteiger partial charge in [-0.2, -0.15) is 5.06 Å².